The molecule has 0 saturated carbocycles. The molecular weight excluding hydrogens is 286 g/mol. The number of amides is 1. The molecule has 0 aromatic rings. The van der Waals surface area contributed by atoms with Gasteiger partial charge in [-0.1, -0.05) is 6.08 Å². The van der Waals surface area contributed by atoms with Crippen molar-refractivity contribution >= 4 is 21.7 Å². The minimum atomic E-state index is -3.63. The highest BCUT2D eigenvalue weighted by Crippen LogP contribution is 2.35. The number of fused-ring (bicyclic) bond motifs is 1. The molecule has 3 N–H and O–H groups in total. The van der Waals surface area contributed by atoms with Crippen molar-refractivity contribution in [2.45, 2.75) is 6.04 Å². The quantitative estimate of drug-likeness (QED) is 0.608. The van der Waals surface area contributed by atoms with Gasteiger partial charge in [0, 0.05) is 12.8 Å². The molecule has 2 rings (SSSR count). The predicted octanol–water partition coefficient (Wildman–Crippen LogP) is -1.47. The summed E-state index contributed by atoms with van der Waals surface area (Å²) in [5.74, 6) is -3.06. The van der Waals surface area contributed by atoms with Crippen molar-refractivity contribution in [3.63, 3.8) is 0 Å². The van der Waals surface area contributed by atoms with Gasteiger partial charge in [-0.2, -0.15) is 0 Å². The molecule has 0 aliphatic carbocycles. The van der Waals surface area contributed by atoms with Crippen molar-refractivity contribution < 1.29 is 23.1 Å². The molecular formula is C11H15N3O5S. The van der Waals surface area contributed by atoms with E-state index in [4.69, 9.17) is 5.73 Å². The van der Waals surface area contributed by atoms with Crippen LogP contribution in [0.25, 0.3) is 0 Å². The highest BCUT2D eigenvalue weighted by atomic mass is 32.2. The van der Waals surface area contributed by atoms with E-state index in [1.165, 1.54) is 5.01 Å². The van der Waals surface area contributed by atoms with E-state index in [9.17, 15) is 23.1 Å². The first-order valence-corrected chi connectivity index (χ1v) is 7.70. The van der Waals surface area contributed by atoms with Crippen LogP contribution in [0.2, 0.25) is 0 Å². The van der Waals surface area contributed by atoms with Crippen molar-refractivity contribution in [3.05, 3.63) is 23.3 Å². The van der Waals surface area contributed by atoms with E-state index in [1.807, 2.05) is 0 Å². The zero-order valence-electron chi connectivity index (χ0n) is 10.8. The fourth-order valence-corrected chi connectivity index (χ4v) is 3.37. The summed E-state index contributed by atoms with van der Waals surface area (Å²) in [6, 6.07) is -0.787. The van der Waals surface area contributed by atoms with Crippen molar-refractivity contribution in [2.24, 2.45) is 11.7 Å². The number of carbonyl (C=O) groups excluding carboxylic acids is 1. The lowest BCUT2D eigenvalue weighted by Gasteiger charge is -2.24. The Morgan fingerprint density at radius 2 is 2.20 bits per heavy atom. The highest BCUT2D eigenvalue weighted by Gasteiger charge is 2.48. The maximum atomic E-state index is 12.0. The van der Waals surface area contributed by atoms with Gasteiger partial charge in [-0.05, 0) is 0 Å². The number of hydrogen-bond acceptors (Lipinski definition) is 6. The predicted molar refractivity (Wildman–Crippen MR) is 69.6 cm³/mol. The molecule has 2 aliphatic heterocycles. The lowest BCUT2D eigenvalue weighted by atomic mass is 10.1. The highest BCUT2D eigenvalue weighted by molar-refractivity contribution is 7.94. The van der Waals surface area contributed by atoms with E-state index in [2.05, 4.69) is 6.58 Å². The van der Waals surface area contributed by atoms with E-state index >= 15 is 0 Å². The molecule has 0 aromatic carbocycles. The third kappa shape index (κ3) is 2.13. The van der Waals surface area contributed by atoms with Gasteiger partial charge in [0.15, 0.2) is 9.84 Å². The molecule has 2 aliphatic rings. The molecule has 20 heavy (non-hydrogen) atoms. The largest absolute Gasteiger partial charge is 0.481 e. The minimum absolute atomic E-state index is 0.0504. The summed E-state index contributed by atoms with van der Waals surface area (Å²) in [6.07, 6.45) is 2.08. The fourth-order valence-electron chi connectivity index (χ4n) is 2.40. The smallest absolute Gasteiger partial charge is 0.316 e. The molecule has 0 aromatic heterocycles. The van der Waals surface area contributed by atoms with Crippen LogP contribution < -0.4 is 5.73 Å². The number of hydrazine groups is 1. The zero-order chi connectivity index (χ0) is 15.2. The SMILES string of the molecule is C=CC(C(=O)O)C1=C(S(C)(=O)=O)CN2C[C@H](N)C(=O)N12. The lowest BCUT2D eigenvalue weighted by Crippen LogP contribution is -2.38. The number of sulfone groups is 1. The summed E-state index contributed by atoms with van der Waals surface area (Å²) < 4.78 is 23.7. The first-order chi connectivity index (χ1) is 9.18. The fraction of sp³-hybridized carbons (Fsp3) is 0.455. The van der Waals surface area contributed by atoms with Crippen LogP contribution >= 0.6 is 0 Å². The van der Waals surface area contributed by atoms with Gasteiger partial charge >= 0.3 is 5.97 Å². The van der Waals surface area contributed by atoms with Gasteiger partial charge in [0.05, 0.1) is 17.1 Å². The van der Waals surface area contributed by atoms with Gasteiger partial charge < -0.3 is 10.8 Å². The molecule has 2 heterocycles. The minimum Gasteiger partial charge on any atom is -0.481 e. The summed E-state index contributed by atoms with van der Waals surface area (Å²) in [5, 5.41) is 11.7. The number of nitrogens with two attached hydrogens (primary N) is 1. The number of rotatable bonds is 4. The lowest BCUT2D eigenvalue weighted by molar-refractivity contribution is -0.141. The maximum absolute atomic E-state index is 12.0. The summed E-state index contributed by atoms with van der Waals surface area (Å²) in [5.41, 5.74) is 5.55. The Bertz CT molecular complexity index is 624. The topological polar surface area (TPSA) is 121 Å². The van der Waals surface area contributed by atoms with Gasteiger partial charge in [-0.25, -0.2) is 18.4 Å². The van der Waals surface area contributed by atoms with Crippen molar-refractivity contribution in [2.75, 3.05) is 19.3 Å². The van der Waals surface area contributed by atoms with Crippen LogP contribution in [0, 0.1) is 5.92 Å². The molecule has 9 heteroatoms. The second-order valence-corrected chi connectivity index (χ2v) is 6.77. The van der Waals surface area contributed by atoms with Crippen molar-refractivity contribution in [1.29, 1.82) is 0 Å². The third-order valence-electron chi connectivity index (χ3n) is 3.30. The molecule has 1 unspecified atom stereocenters. The molecule has 0 radical (unpaired) electrons. The van der Waals surface area contributed by atoms with Crippen LogP contribution in [-0.4, -0.2) is 60.8 Å². The molecule has 1 amide bonds. The monoisotopic (exact) mass is 301 g/mol. The summed E-state index contributed by atoms with van der Waals surface area (Å²) >= 11 is 0. The van der Waals surface area contributed by atoms with Crippen molar-refractivity contribution in [3.8, 4) is 0 Å². The van der Waals surface area contributed by atoms with Gasteiger partial charge in [-0.3, -0.25) is 9.59 Å². The van der Waals surface area contributed by atoms with E-state index in [0.717, 1.165) is 17.3 Å². The van der Waals surface area contributed by atoms with Crippen LogP contribution in [0.4, 0.5) is 0 Å². The number of hydrogen-bond donors (Lipinski definition) is 2. The molecule has 0 bridgehead atoms. The van der Waals surface area contributed by atoms with Crippen LogP contribution in [0.1, 0.15) is 0 Å². The summed E-state index contributed by atoms with van der Waals surface area (Å²) in [4.78, 5) is 23.2. The van der Waals surface area contributed by atoms with Crippen molar-refractivity contribution in [1.82, 2.24) is 10.0 Å². The van der Waals surface area contributed by atoms with Crippen LogP contribution in [0.3, 0.4) is 0 Å². The number of carbonyl (C=O) groups is 2. The normalized spacial score (nSPS) is 25.0. The van der Waals surface area contributed by atoms with Crippen LogP contribution in [0.15, 0.2) is 23.3 Å². The Morgan fingerprint density at radius 3 is 2.65 bits per heavy atom. The number of aliphatic carboxylic acids is 1. The van der Waals surface area contributed by atoms with E-state index in [1.54, 1.807) is 0 Å². The Labute approximate surface area is 116 Å². The van der Waals surface area contributed by atoms with Crippen LogP contribution in [-0.2, 0) is 19.4 Å². The number of carboxylic acid groups (broad SMARTS) is 1. The Hall–Kier alpha value is -1.71. The summed E-state index contributed by atoms with van der Waals surface area (Å²) in [6.45, 7) is 3.51. The Balaban J connectivity index is 2.61. The number of nitrogens with zero attached hydrogens (tertiary/aromatic N) is 2. The maximum Gasteiger partial charge on any atom is 0.316 e. The molecule has 8 nitrogen and oxygen atoms in total. The van der Waals surface area contributed by atoms with E-state index in [-0.39, 0.29) is 23.7 Å². The molecule has 1 fully saturated rings. The third-order valence-corrected chi connectivity index (χ3v) is 4.53. The Morgan fingerprint density at radius 1 is 1.60 bits per heavy atom. The van der Waals surface area contributed by atoms with Gasteiger partial charge in [0.2, 0.25) is 0 Å². The van der Waals surface area contributed by atoms with E-state index < -0.39 is 33.7 Å². The average Bonchev–Trinajstić information content (AvgIpc) is 2.79. The average molecular weight is 301 g/mol. The molecule has 110 valence electrons. The number of carboxylic acids is 1. The second kappa shape index (κ2) is 4.69. The van der Waals surface area contributed by atoms with Gasteiger partial charge in [0.25, 0.3) is 5.91 Å². The standard InChI is InChI=1S/C11H15N3O5S/c1-3-6(11(16)17)9-8(20(2,18)19)5-13-4-7(12)10(15)14(9)13/h3,6-7H,1,4-5,12H2,2H3,(H,16,17)/t6?,7-/m0/s1. The second-order valence-electron chi connectivity index (χ2n) is 4.74. The van der Waals surface area contributed by atoms with Crippen LogP contribution in [0.5, 0.6) is 0 Å². The zero-order valence-corrected chi connectivity index (χ0v) is 11.6. The first-order valence-electron chi connectivity index (χ1n) is 5.81. The summed E-state index contributed by atoms with van der Waals surface area (Å²) in [7, 11) is -3.63. The molecule has 1 saturated heterocycles. The molecule has 0 spiro atoms. The first kappa shape index (κ1) is 14.7. The van der Waals surface area contributed by atoms with E-state index in [0.29, 0.717) is 0 Å². The van der Waals surface area contributed by atoms with Gasteiger partial charge in [-0.15, -0.1) is 6.58 Å². The molecule has 2 atom stereocenters. The Kier molecular flexibility index (Phi) is 3.44. The van der Waals surface area contributed by atoms with Gasteiger partial charge in [0.1, 0.15) is 12.0 Å².